The van der Waals surface area contributed by atoms with Crippen molar-refractivity contribution in [2.24, 2.45) is 11.8 Å². The Morgan fingerprint density at radius 2 is 2.00 bits per heavy atom. The highest BCUT2D eigenvalue weighted by Gasteiger charge is 2.10. The fourth-order valence-corrected chi connectivity index (χ4v) is 0.413. The van der Waals surface area contributed by atoms with Crippen LogP contribution >= 0.6 is 0 Å². The van der Waals surface area contributed by atoms with Crippen molar-refractivity contribution in [3.05, 3.63) is 0 Å². The van der Waals surface area contributed by atoms with Crippen molar-refractivity contribution >= 4 is 11.7 Å². The number of carbonyl (C=O) groups excluding carboxylic acids is 2. The van der Waals surface area contributed by atoms with Gasteiger partial charge in [-0.2, -0.15) is 0 Å². The van der Waals surface area contributed by atoms with Crippen LogP contribution in [0.25, 0.3) is 0 Å². The molecular formula is C6H12N2O2. The Labute approximate surface area is 59.7 Å². The van der Waals surface area contributed by atoms with E-state index in [0.29, 0.717) is 0 Å². The summed E-state index contributed by atoms with van der Waals surface area (Å²) in [6.07, 6.45) is -0.117. The first-order chi connectivity index (χ1) is 4.57. The smallest absolute Gasteiger partial charge is 0.241 e. The number of hydrogen-bond donors (Lipinski definition) is 2. The summed E-state index contributed by atoms with van der Waals surface area (Å²) < 4.78 is 0. The number of hydrogen-bond acceptors (Lipinski definition) is 3. The molecule has 0 saturated heterocycles. The van der Waals surface area contributed by atoms with Gasteiger partial charge in [0.25, 0.3) is 0 Å². The molecular weight excluding hydrogens is 132 g/mol. The molecule has 0 rings (SSSR count). The summed E-state index contributed by atoms with van der Waals surface area (Å²) in [6.45, 7) is 3.48. The fraction of sp³-hybridized carbons (Fsp3) is 0.667. The van der Waals surface area contributed by atoms with Crippen molar-refractivity contribution in [3.63, 3.8) is 0 Å². The predicted octanol–water partition coefficient (Wildman–Crippen LogP) is -0.409. The minimum atomic E-state index is -0.432. The third-order valence-corrected chi connectivity index (χ3v) is 1.14. The molecule has 0 fully saturated rings. The minimum Gasteiger partial charge on any atom is -0.299 e. The van der Waals surface area contributed by atoms with Gasteiger partial charge in [-0.25, -0.2) is 5.84 Å². The van der Waals surface area contributed by atoms with Gasteiger partial charge in [-0.3, -0.25) is 15.0 Å². The van der Waals surface area contributed by atoms with Crippen LogP contribution in [-0.2, 0) is 9.59 Å². The Balaban J connectivity index is 3.69. The van der Waals surface area contributed by atoms with Crippen LogP contribution < -0.4 is 11.3 Å². The largest absolute Gasteiger partial charge is 0.299 e. The number of ketones is 1. The molecule has 0 saturated carbocycles. The molecule has 0 aliphatic heterocycles. The third-order valence-electron chi connectivity index (χ3n) is 1.14. The number of Topliss-reactive ketones (excluding diaryl/α,β-unsaturated/α-hetero) is 1. The van der Waals surface area contributed by atoms with Crippen LogP contribution in [0.2, 0.25) is 0 Å². The quantitative estimate of drug-likeness (QED) is 0.245. The van der Waals surface area contributed by atoms with Gasteiger partial charge in [0, 0.05) is 5.92 Å². The lowest BCUT2D eigenvalue weighted by Crippen LogP contribution is -2.32. The third kappa shape index (κ3) is 3.19. The number of rotatable bonds is 3. The lowest BCUT2D eigenvalue weighted by Gasteiger charge is -2.01. The second kappa shape index (κ2) is 4.00. The summed E-state index contributed by atoms with van der Waals surface area (Å²) in [5, 5.41) is 0. The molecule has 1 amide bonds. The van der Waals surface area contributed by atoms with Gasteiger partial charge in [0.2, 0.25) is 5.91 Å². The number of nitrogens with two attached hydrogens (primary N) is 1. The molecule has 0 aliphatic rings. The maximum atomic E-state index is 10.8. The second-order valence-electron chi connectivity index (χ2n) is 2.37. The molecule has 58 valence electrons. The standard InChI is InChI=1S/C6H12N2O2/c1-4(2)5(9)3-6(10)8-7/h4H,3,7H2,1-2H3,(H,8,10). The van der Waals surface area contributed by atoms with Crippen molar-refractivity contribution in [1.82, 2.24) is 5.43 Å². The first-order valence-electron chi connectivity index (χ1n) is 3.10. The molecule has 4 heteroatoms. The predicted molar refractivity (Wildman–Crippen MR) is 36.8 cm³/mol. The van der Waals surface area contributed by atoms with Crippen LogP contribution in [0, 0.1) is 5.92 Å². The first kappa shape index (κ1) is 9.10. The van der Waals surface area contributed by atoms with Crippen molar-refractivity contribution in [1.29, 1.82) is 0 Å². The van der Waals surface area contributed by atoms with Crippen LogP contribution in [0.15, 0.2) is 0 Å². The zero-order chi connectivity index (χ0) is 8.15. The number of hydrazine groups is 1. The van der Waals surface area contributed by atoms with Crippen molar-refractivity contribution in [2.45, 2.75) is 20.3 Å². The Morgan fingerprint density at radius 1 is 1.50 bits per heavy atom. The highest BCUT2D eigenvalue weighted by atomic mass is 16.2. The Kier molecular flexibility index (Phi) is 3.64. The molecule has 4 nitrogen and oxygen atoms in total. The minimum absolute atomic E-state index is 0.0945. The first-order valence-corrected chi connectivity index (χ1v) is 3.10. The SMILES string of the molecule is CC(C)C(=O)CC(=O)NN. The van der Waals surface area contributed by atoms with Gasteiger partial charge < -0.3 is 0 Å². The average Bonchev–Trinajstić information content (AvgIpc) is 1.87. The Morgan fingerprint density at radius 3 is 2.30 bits per heavy atom. The van der Waals surface area contributed by atoms with Crippen molar-refractivity contribution in [2.75, 3.05) is 0 Å². The van der Waals surface area contributed by atoms with Gasteiger partial charge >= 0.3 is 0 Å². The summed E-state index contributed by atoms with van der Waals surface area (Å²) >= 11 is 0. The van der Waals surface area contributed by atoms with E-state index < -0.39 is 5.91 Å². The average molecular weight is 144 g/mol. The van der Waals surface area contributed by atoms with E-state index in [4.69, 9.17) is 5.84 Å². The van der Waals surface area contributed by atoms with Crippen LogP contribution in [0.4, 0.5) is 0 Å². The molecule has 10 heavy (non-hydrogen) atoms. The van der Waals surface area contributed by atoms with Crippen LogP contribution in [0.5, 0.6) is 0 Å². The van der Waals surface area contributed by atoms with Crippen LogP contribution in [0.1, 0.15) is 20.3 Å². The summed E-state index contributed by atoms with van der Waals surface area (Å²) in [5.41, 5.74) is 1.89. The van der Waals surface area contributed by atoms with E-state index in [2.05, 4.69) is 0 Å². The van der Waals surface area contributed by atoms with E-state index >= 15 is 0 Å². The molecule has 3 N–H and O–H groups in total. The Bertz CT molecular complexity index is 143. The van der Waals surface area contributed by atoms with E-state index in [1.165, 1.54) is 0 Å². The molecule has 0 spiro atoms. The highest BCUT2D eigenvalue weighted by Crippen LogP contribution is 1.97. The monoisotopic (exact) mass is 144 g/mol. The van der Waals surface area contributed by atoms with Gasteiger partial charge in [-0.05, 0) is 0 Å². The fourth-order valence-electron chi connectivity index (χ4n) is 0.413. The van der Waals surface area contributed by atoms with Crippen molar-refractivity contribution < 1.29 is 9.59 Å². The van der Waals surface area contributed by atoms with Crippen LogP contribution in [0.3, 0.4) is 0 Å². The molecule has 0 aromatic rings. The van der Waals surface area contributed by atoms with Gasteiger partial charge in [-0.15, -0.1) is 0 Å². The molecule has 0 aromatic carbocycles. The maximum Gasteiger partial charge on any atom is 0.241 e. The summed E-state index contributed by atoms with van der Waals surface area (Å²) in [5.74, 6) is 4.14. The lowest BCUT2D eigenvalue weighted by atomic mass is 10.1. The molecule has 0 aliphatic carbocycles. The molecule has 0 heterocycles. The second-order valence-corrected chi connectivity index (χ2v) is 2.37. The van der Waals surface area contributed by atoms with Gasteiger partial charge in [-0.1, -0.05) is 13.8 Å². The van der Waals surface area contributed by atoms with E-state index in [1.54, 1.807) is 13.8 Å². The maximum absolute atomic E-state index is 10.8. The molecule has 0 aromatic heterocycles. The number of carbonyl (C=O) groups is 2. The molecule has 0 bridgehead atoms. The normalized spacial score (nSPS) is 9.60. The highest BCUT2D eigenvalue weighted by molar-refractivity contribution is 5.98. The van der Waals surface area contributed by atoms with Gasteiger partial charge in [0.05, 0.1) is 6.42 Å². The van der Waals surface area contributed by atoms with E-state index in [1.807, 2.05) is 5.43 Å². The number of nitrogens with one attached hydrogen (secondary N) is 1. The summed E-state index contributed by atoms with van der Waals surface area (Å²) in [7, 11) is 0. The zero-order valence-electron chi connectivity index (χ0n) is 6.18. The van der Waals surface area contributed by atoms with E-state index in [-0.39, 0.29) is 18.1 Å². The molecule has 0 radical (unpaired) electrons. The molecule has 0 atom stereocenters. The van der Waals surface area contributed by atoms with Gasteiger partial charge in [0.15, 0.2) is 0 Å². The van der Waals surface area contributed by atoms with Gasteiger partial charge in [0.1, 0.15) is 5.78 Å². The number of amides is 1. The van der Waals surface area contributed by atoms with E-state index in [0.717, 1.165) is 0 Å². The van der Waals surface area contributed by atoms with Crippen LogP contribution in [-0.4, -0.2) is 11.7 Å². The Hall–Kier alpha value is -0.900. The van der Waals surface area contributed by atoms with Crippen molar-refractivity contribution in [3.8, 4) is 0 Å². The zero-order valence-corrected chi connectivity index (χ0v) is 6.18. The molecule has 0 unspecified atom stereocenters. The van der Waals surface area contributed by atoms with E-state index in [9.17, 15) is 9.59 Å². The topological polar surface area (TPSA) is 72.2 Å². The summed E-state index contributed by atoms with van der Waals surface area (Å²) in [4.78, 5) is 21.3. The lowest BCUT2D eigenvalue weighted by molar-refractivity contribution is -0.129. The summed E-state index contributed by atoms with van der Waals surface area (Å²) in [6, 6.07) is 0.